The number of anilines is 1. The second-order valence-electron chi connectivity index (χ2n) is 9.32. The van der Waals surface area contributed by atoms with Gasteiger partial charge in [-0.2, -0.15) is 4.98 Å². The molecule has 20 heteroatoms. The van der Waals surface area contributed by atoms with Crippen molar-refractivity contribution < 1.29 is 68.8 Å². The number of nitrogens with one attached hydrogen (secondary N) is 1. The van der Waals surface area contributed by atoms with E-state index in [-0.39, 0.29) is 5.82 Å². The molecule has 0 aromatic carbocycles. The van der Waals surface area contributed by atoms with E-state index in [9.17, 15) is 59.6 Å². The van der Waals surface area contributed by atoms with Gasteiger partial charge in [0.1, 0.15) is 42.4 Å². The van der Waals surface area contributed by atoms with E-state index in [2.05, 4.69) is 10.3 Å². The van der Waals surface area contributed by atoms with Crippen molar-refractivity contribution >= 4 is 25.3 Å². The Hall–Kier alpha value is -2.55. The molecule has 0 spiro atoms. The third kappa shape index (κ3) is 6.04. The number of aliphatic hydroxyl groups excluding tert-OH is 6. The van der Waals surface area contributed by atoms with E-state index in [1.807, 2.05) is 0 Å². The summed E-state index contributed by atoms with van der Waals surface area (Å²) >= 11 is 0. The minimum absolute atomic E-state index is 0.139. The summed E-state index contributed by atoms with van der Waals surface area (Å²) in [6, 6.07) is -0.394. The van der Waals surface area contributed by atoms with Crippen molar-refractivity contribution in [2.45, 2.75) is 73.7 Å². The Balaban J connectivity index is 1.87. The molecule has 0 aliphatic carbocycles. The van der Waals surface area contributed by atoms with Crippen LogP contribution in [-0.4, -0.2) is 129 Å². The minimum atomic E-state index is -5.60. The number of carbonyl (C=O) groups is 2. The summed E-state index contributed by atoms with van der Waals surface area (Å²) in [6.07, 6.45) is -14.9. The molecule has 2 aliphatic rings. The number of carbonyl (C=O) groups excluding carboxylic acids is 1. The van der Waals surface area contributed by atoms with Crippen LogP contribution >= 0.6 is 7.60 Å². The van der Waals surface area contributed by atoms with E-state index >= 15 is 0 Å². The van der Waals surface area contributed by atoms with Crippen LogP contribution in [0.3, 0.4) is 0 Å². The SMILES string of the molecule is CC(=O)N[C@H]1C([C@H](O)[C@H](O)CO)OC(C(=O)O)(P(=O)(O)OC[C@H]2O[C@@H](n3ccc(N)nc3=O)[C@@H](O)C2O)C[C@H]1O. The quantitative estimate of drug-likeness (QED) is 0.112. The number of nitrogens with zero attached hydrogens (tertiary/aromatic N) is 2. The average Bonchev–Trinajstić information content (AvgIpc) is 3.15. The fourth-order valence-corrected chi connectivity index (χ4v) is 5.91. The lowest BCUT2D eigenvalue weighted by atomic mass is 9.89. The predicted molar refractivity (Wildman–Crippen MR) is 127 cm³/mol. The van der Waals surface area contributed by atoms with Gasteiger partial charge in [-0.05, 0) is 6.07 Å². The second-order valence-corrected chi connectivity index (χ2v) is 11.3. The van der Waals surface area contributed by atoms with Gasteiger partial charge in [0.05, 0.1) is 25.4 Å². The Morgan fingerprint density at radius 3 is 2.52 bits per heavy atom. The Labute approximate surface area is 224 Å². The fraction of sp³-hybridized carbons (Fsp3) is 0.700. The molecule has 2 saturated heterocycles. The molecule has 19 nitrogen and oxygen atoms in total. The van der Waals surface area contributed by atoms with Crippen LogP contribution in [0.15, 0.2) is 17.1 Å². The first-order valence-electron chi connectivity index (χ1n) is 11.7. The highest BCUT2D eigenvalue weighted by Crippen LogP contribution is 2.61. The van der Waals surface area contributed by atoms with E-state index in [0.29, 0.717) is 0 Å². The van der Waals surface area contributed by atoms with Gasteiger partial charge in [-0.1, -0.05) is 0 Å². The Morgan fingerprint density at radius 2 is 1.98 bits per heavy atom. The molecule has 226 valence electrons. The van der Waals surface area contributed by atoms with Crippen molar-refractivity contribution in [3.63, 3.8) is 0 Å². The van der Waals surface area contributed by atoms with Crippen LogP contribution in [0.5, 0.6) is 0 Å². The monoisotopic (exact) mass is 598 g/mol. The van der Waals surface area contributed by atoms with E-state index in [1.54, 1.807) is 0 Å². The van der Waals surface area contributed by atoms with Crippen molar-refractivity contribution in [3.8, 4) is 0 Å². The molecule has 1 amide bonds. The van der Waals surface area contributed by atoms with Gasteiger partial charge in [0.25, 0.3) is 5.34 Å². The molecule has 11 N–H and O–H groups in total. The number of amides is 1. The Morgan fingerprint density at radius 1 is 1.32 bits per heavy atom. The summed E-state index contributed by atoms with van der Waals surface area (Å²) in [7, 11) is -5.60. The molecular formula is C20H31N4O15P. The van der Waals surface area contributed by atoms with Gasteiger partial charge in [0, 0.05) is 19.5 Å². The number of aliphatic carboxylic acids is 1. The zero-order valence-corrected chi connectivity index (χ0v) is 21.7. The minimum Gasteiger partial charge on any atom is -0.479 e. The first-order chi connectivity index (χ1) is 18.6. The van der Waals surface area contributed by atoms with E-state index in [1.165, 1.54) is 6.07 Å². The standard InChI is InChI=1S/C20H31N4O15P/c1-7(26)22-12-8(27)4-20(18(32)33,39-16(12)13(29)9(28)5-25)40(35,36)37-6-10-14(30)15(31)17(38-10)24-3-2-11(21)23-19(24)34/h2-3,8-10,12-17,25,27-31H,4-6H2,1H3,(H,22,26)(H,32,33)(H,35,36)(H2,21,23,34)/t8-,9-,10-,12-,13-,14?,15+,16?,17-,20?/m1/s1. The molecule has 3 heterocycles. The number of nitrogens with two attached hydrogens (primary N) is 1. The number of carboxylic acid groups (broad SMARTS) is 1. The molecule has 4 unspecified atom stereocenters. The largest absolute Gasteiger partial charge is 0.479 e. The fourth-order valence-electron chi connectivity index (χ4n) is 4.43. The van der Waals surface area contributed by atoms with Gasteiger partial charge in [-0.25, -0.2) is 9.59 Å². The first-order valence-corrected chi connectivity index (χ1v) is 13.3. The van der Waals surface area contributed by atoms with Gasteiger partial charge in [0.15, 0.2) is 6.23 Å². The third-order valence-electron chi connectivity index (χ3n) is 6.54. The average molecular weight is 598 g/mol. The van der Waals surface area contributed by atoms with Gasteiger partial charge < -0.3 is 65.7 Å². The lowest BCUT2D eigenvalue weighted by Crippen LogP contribution is -2.67. The van der Waals surface area contributed by atoms with Crippen molar-refractivity contribution in [2.24, 2.45) is 0 Å². The second kappa shape index (κ2) is 12.1. The lowest BCUT2D eigenvalue weighted by Gasteiger charge is -2.47. The molecule has 0 radical (unpaired) electrons. The normalized spacial score (nSPS) is 35.5. The van der Waals surface area contributed by atoms with Gasteiger partial charge in [-0.15, -0.1) is 0 Å². The Kier molecular flexibility index (Phi) is 9.70. The molecule has 2 fully saturated rings. The molecule has 40 heavy (non-hydrogen) atoms. The molecular weight excluding hydrogens is 567 g/mol. The van der Waals surface area contributed by atoms with E-state index in [4.69, 9.17) is 19.7 Å². The summed E-state index contributed by atoms with van der Waals surface area (Å²) in [6.45, 7) is -1.10. The zero-order valence-electron chi connectivity index (χ0n) is 20.8. The van der Waals surface area contributed by atoms with Crippen LogP contribution in [0.25, 0.3) is 0 Å². The zero-order chi connectivity index (χ0) is 30.2. The summed E-state index contributed by atoms with van der Waals surface area (Å²) in [5.41, 5.74) is 4.46. The van der Waals surface area contributed by atoms with Crippen molar-refractivity contribution in [1.29, 1.82) is 0 Å². The number of ether oxygens (including phenoxy) is 2. The van der Waals surface area contributed by atoms with E-state index < -0.39 is 105 Å². The number of nitrogen functional groups attached to an aromatic ring is 1. The molecule has 11 atom stereocenters. The smallest absolute Gasteiger partial charge is 0.371 e. The number of carboxylic acids is 1. The predicted octanol–water partition coefficient (Wildman–Crippen LogP) is -5.20. The lowest BCUT2D eigenvalue weighted by molar-refractivity contribution is -0.212. The maximum Gasteiger partial charge on any atom is 0.371 e. The van der Waals surface area contributed by atoms with Crippen LogP contribution in [0.4, 0.5) is 5.82 Å². The highest BCUT2D eigenvalue weighted by Gasteiger charge is 2.65. The van der Waals surface area contributed by atoms with Gasteiger partial charge >= 0.3 is 19.3 Å². The molecule has 0 saturated carbocycles. The maximum absolute atomic E-state index is 13.4. The third-order valence-corrected chi connectivity index (χ3v) is 8.43. The molecule has 1 aromatic rings. The summed E-state index contributed by atoms with van der Waals surface area (Å²) in [5, 5.41) is 69.8. The molecule has 2 aliphatic heterocycles. The van der Waals surface area contributed by atoms with Crippen molar-refractivity contribution in [1.82, 2.24) is 14.9 Å². The topological polar surface area (TPSA) is 314 Å². The summed E-state index contributed by atoms with van der Waals surface area (Å²) in [5.74, 6) is -3.05. The number of hydrogen-bond donors (Lipinski definition) is 10. The van der Waals surface area contributed by atoms with Gasteiger partial charge in [0.2, 0.25) is 5.91 Å². The van der Waals surface area contributed by atoms with Crippen LogP contribution in [0.1, 0.15) is 19.6 Å². The number of hydrogen-bond acceptors (Lipinski definition) is 15. The first kappa shape index (κ1) is 32.0. The van der Waals surface area contributed by atoms with Crippen LogP contribution in [-0.2, 0) is 28.2 Å². The number of aliphatic hydroxyl groups is 6. The van der Waals surface area contributed by atoms with Crippen LogP contribution in [0, 0.1) is 0 Å². The van der Waals surface area contributed by atoms with Crippen LogP contribution < -0.4 is 16.7 Å². The highest BCUT2D eigenvalue weighted by molar-refractivity contribution is 7.55. The van der Waals surface area contributed by atoms with Crippen molar-refractivity contribution in [2.75, 3.05) is 18.9 Å². The molecule has 1 aromatic heterocycles. The molecule has 0 bridgehead atoms. The summed E-state index contributed by atoms with van der Waals surface area (Å²) in [4.78, 5) is 50.3. The van der Waals surface area contributed by atoms with E-state index in [0.717, 1.165) is 17.7 Å². The maximum atomic E-state index is 13.4. The van der Waals surface area contributed by atoms with Crippen LogP contribution in [0.2, 0.25) is 0 Å². The van der Waals surface area contributed by atoms with Gasteiger partial charge in [-0.3, -0.25) is 13.9 Å². The Bertz CT molecular complexity index is 1200. The highest BCUT2D eigenvalue weighted by atomic mass is 31.2. The number of aromatic nitrogens is 2. The number of rotatable bonds is 10. The molecule has 3 rings (SSSR count). The van der Waals surface area contributed by atoms with Crippen molar-refractivity contribution in [3.05, 3.63) is 22.7 Å². The summed E-state index contributed by atoms with van der Waals surface area (Å²) < 4.78 is 29.8.